The van der Waals surface area contributed by atoms with E-state index >= 15 is 0 Å². The summed E-state index contributed by atoms with van der Waals surface area (Å²) in [5, 5.41) is 18.4. The number of benzene rings is 1. The fourth-order valence-electron chi connectivity index (χ4n) is 1.84. The first-order valence-corrected chi connectivity index (χ1v) is 6.12. The molecule has 0 aliphatic carbocycles. The zero-order chi connectivity index (χ0) is 14.0. The summed E-state index contributed by atoms with van der Waals surface area (Å²) in [6.45, 7) is 6.48. The Kier molecular flexibility index (Phi) is 3.26. The highest BCUT2D eigenvalue weighted by Crippen LogP contribution is 2.27. The predicted molar refractivity (Wildman–Crippen MR) is 74.8 cm³/mol. The second-order valence-corrected chi connectivity index (χ2v) is 5.53. The third kappa shape index (κ3) is 2.74. The van der Waals surface area contributed by atoms with Crippen molar-refractivity contribution in [3.8, 4) is 23.1 Å². The lowest BCUT2D eigenvalue weighted by atomic mass is 9.86. The molecule has 0 spiro atoms. The van der Waals surface area contributed by atoms with Crippen LogP contribution < -0.4 is 0 Å². The molecule has 3 heteroatoms. The molecule has 0 atom stereocenters. The van der Waals surface area contributed by atoms with Gasteiger partial charge in [-0.2, -0.15) is 5.26 Å². The Bertz CT molecular complexity index is 631. The van der Waals surface area contributed by atoms with Crippen LogP contribution in [-0.2, 0) is 5.41 Å². The van der Waals surface area contributed by atoms with E-state index in [1.54, 1.807) is 6.07 Å². The smallest absolute Gasteiger partial charge is 0.151 e. The van der Waals surface area contributed by atoms with Gasteiger partial charge >= 0.3 is 0 Å². The fourth-order valence-corrected chi connectivity index (χ4v) is 1.84. The summed E-state index contributed by atoms with van der Waals surface area (Å²) in [6.07, 6.45) is 1.31. The van der Waals surface area contributed by atoms with Crippen LogP contribution in [0.2, 0.25) is 0 Å². The van der Waals surface area contributed by atoms with Crippen LogP contribution in [0.15, 0.2) is 36.5 Å². The second kappa shape index (κ2) is 4.74. The number of pyridine rings is 1. The van der Waals surface area contributed by atoms with Gasteiger partial charge in [-0.25, -0.2) is 0 Å². The predicted octanol–water partition coefficient (Wildman–Crippen LogP) is 3.62. The van der Waals surface area contributed by atoms with Gasteiger partial charge in [-0.15, -0.1) is 0 Å². The molecule has 1 N–H and O–H groups in total. The average molecular weight is 252 g/mol. The van der Waals surface area contributed by atoms with Crippen molar-refractivity contribution >= 4 is 0 Å². The van der Waals surface area contributed by atoms with Crippen molar-refractivity contribution in [3.05, 3.63) is 47.7 Å². The SMILES string of the molecule is CC(C)(C)c1ccc(-c2cc(C#N)c(O)cn2)cc1. The van der Waals surface area contributed by atoms with E-state index in [0.29, 0.717) is 5.69 Å². The largest absolute Gasteiger partial charge is 0.505 e. The lowest BCUT2D eigenvalue weighted by Crippen LogP contribution is -2.10. The molecule has 0 bridgehead atoms. The normalized spacial score (nSPS) is 11.1. The molecule has 3 nitrogen and oxygen atoms in total. The van der Waals surface area contributed by atoms with Crippen molar-refractivity contribution in [2.24, 2.45) is 0 Å². The Morgan fingerprint density at radius 3 is 2.32 bits per heavy atom. The number of hydrogen-bond donors (Lipinski definition) is 1. The first-order chi connectivity index (χ1) is 8.91. The van der Waals surface area contributed by atoms with Gasteiger partial charge in [0.1, 0.15) is 6.07 Å². The highest BCUT2D eigenvalue weighted by molar-refractivity contribution is 5.63. The van der Waals surface area contributed by atoms with E-state index in [2.05, 4.69) is 37.9 Å². The lowest BCUT2D eigenvalue weighted by molar-refractivity contribution is 0.471. The van der Waals surface area contributed by atoms with Gasteiger partial charge in [0.15, 0.2) is 5.75 Å². The van der Waals surface area contributed by atoms with Gasteiger partial charge in [0, 0.05) is 5.56 Å². The van der Waals surface area contributed by atoms with E-state index in [4.69, 9.17) is 5.26 Å². The van der Waals surface area contributed by atoms with Gasteiger partial charge in [-0.1, -0.05) is 45.0 Å². The molecule has 0 unspecified atom stereocenters. The molecule has 0 aliphatic heterocycles. The van der Waals surface area contributed by atoms with E-state index < -0.39 is 0 Å². The van der Waals surface area contributed by atoms with Crippen LogP contribution >= 0.6 is 0 Å². The summed E-state index contributed by atoms with van der Waals surface area (Å²) in [7, 11) is 0. The highest BCUT2D eigenvalue weighted by atomic mass is 16.3. The minimum absolute atomic E-state index is 0.0856. The fraction of sp³-hybridized carbons (Fsp3) is 0.250. The number of aromatic hydroxyl groups is 1. The molecule has 0 amide bonds. The standard InChI is InChI=1S/C16H16N2O/c1-16(2,3)13-6-4-11(5-7-13)14-8-12(9-17)15(19)10-18-14/h4-8,10,19H,1-3H3. The van der Waals surface area contributed by atoms with Gasteiger partial charge in [0.2, 0.25) is 0 Å². The minimum atomic E-state index is -0.0856. The Morgan fingerprint density at radius 1 is 1.16 bits per heavy atom. The molecule has 1 heterocycles. The van der Waals surface area contributed by atoms with Gasteiger partial charge in [-0.3, -0.25) is 4.98 Å². The van der Waals surface area contributed by atoms with Crippen molar-refractivity contribution in [1.82, 2.24) is 4.98 Å². The van der Waals surface area contributed by atoms with Gasteiger partial charge in [0.05, 0.1) is 17.5 Å². The molecule has 2 aromatic rings. The average Bonchev–Trinajstić information content (AvgIpc) is 2.38. The van der Waals surface area contributed by atoms with Crippen LogP contribution in [0.1, 0.15) is 31.9 Å². The van der Waals surface area contributed by atoms with E-state index in [-0.39, 0.29) is 16.7 Å². The number of aromatic nitrogens is 1. The van der Waals surface area contributed by atoms with Crippen molar-refractivity contribution in [2.75, 3.05) is 0 Å². The number of nitriles is 1. The zero-order valence-corrected chi connectivity index (χ0v) is 11.3. The van der Waals surface area contributed by atoms with Crippen LogP contribution in [0, 0.1) is 11.3 Å². The maximum absolute atomic E-state index is 9.45. The molecule has 0 saturated carbocycles. The summed E-state index contributed by atoms with van der Waals surface area (Å²) in [5.74, 6) is -0.0856. The maximum Gasteiger partial charge on any atom is 0.151 e. The molecule has 1 aromatic carbocycles. The minimum Gasteiger partial charge on any atom is -0.505 e. The topological polar surface area (TPSA) is 56.9 Å². The van der Waals surface area contributed by atoms with Crippen LogP contribution in [0.3, 0.4) is 0 Å². The van der Waals surface area contributed by atoms with E-state index in [9.17, 15) is 5.11 Å². The molecule has 1 aromatic heterocycles. The maximum atomic E-state index is 9.45. The third-order valence-corrected chi connectivity index (χ3v) is 3.05. The summed E-state index contributed by atoms with van der Waals surface area (Å²) in [6, 6.07) is 11.7. The lowest BCUT2D eigenvalue weighted by Gasteiger charge is -2.19. The Labute approximate surface area is 113 Å². The Morgan fingerprint density at radius 2 is 1.79 bits per heavy atom. The molecule has 96 valence electrons. The van der Waals surface area contributed by atoms with Crippen LogP contribution in [0.5, 0.6) is 5.75 Å². The summed E-state index contributed by atoms with van der Waals surface area (Å²) in [5.41, 5.74) is 3.22. The van der Waals surface area contributed by atoms with Crippen molar-refractivity contribution in [1.29, 1.82) is 5.26 Å². The summed E-state index contributed by atoms with van der Waals surface area (Å²) < 4.78 is 0. The highest BCUT2D eigenvalue weighted by Gasteiger charge is 2.13. The third-order valence-electron chi connectivity index (χ3n) is 3.05. The molecule has 0 radical (unpaired) electrons. The number of rotatable bonds is 1. The summed E-state index contributed by atoms with van der Waals surface area (Å²) in [4.78, 5) is 4.15. The zero-order valence-electron chi connectivity index (χ0n) is 11.3. The molecule has 19 heavy (non-hydrogen) atoms. The summed E-state index contributed by atoms with van der Waals surface area (Å²) >= 11 is 0. The number of hydrogen-bond acceptors (Lipinski definition) is 3. The second-order valence-electron chi connectivity index (χ2n) is 5.53. The first-order valence-electron chi connectivity index (χ1n) is 6.12. The molecule has 2 rings (SSSR count). The van der Waals surface area contributed by atoms with E-state index in [1.165, 1.54) is 11.8 Å². The van der Waals surface area contributed by atoms with Gasteiger partial charge in [0.25, 0.3) is 0 Å². The first kappa shape index (κ1) is 13.1. The van der Waals surface area contributed by atoms with Crippen molar-refractivity contribution in [3.63, 3.8) is 0 Å². The number of nitrogens with zero attached hydrogens (tertiary/aromatic N) is 2. The quantitative estimate of drug-likeness (QED) is 0.843. The van der Waals surface area contributed by atoms with E-state index in [1.807, 2.05) is 18.2 Å². The molecular formula is C16H16N2O. The molecular weight excluding hydrogens is 236 g/mol. The Hall–Kier alpha value is -2.34. The molecule has 0 saturated heterocycles. The Balaban J connectivity index is 2.41. The van der Waals surface area contributed by atoms with Gasteiger partial charge < -0.3 is 5.11 Å². The van der Waals surface area contributed by atoms with Gasteiger partial charge in [-0.05, 0) is 17.0 Å². The van der Waals surface area contributed by atoms with E-state index in [0.717, 1.165) is 5.56 Å². The monoisotopic (exact) mass is 252 g/mol. The van der Waals surface area contributed by atoms with Crippen LogP contribution in [0.4, 0.5) is 0 Å². The molecule has 0 fully saturated rings. The van der Waals surface area contributed by atoms with Crippen molar-refractivity contribution in [2.45, 2.75) is 26.2 Å². The van der Waals surface area contributed by atoms with Crippen molar-refractivity contribution < 1.29 is 5.11 Å². The van der Waals surface area contributed by atoms with Crippen LogP contribution in [0.25, 0.3) is 11.3 Å². The molecule has 0 aliphatic rings. The van der Waals surface area contributed by atoms with Crippen LogP contribution in [-0.4, -0.2) is 10.1 Å².